The summed E-state index contributed by atoms with van der Waals surface area (Å²) in [6, 6.07) is 5.11. The zero-order chi connectivity index (χ0) is 12.3. The molecular weight excluding hydrogens is 285 g/mol. The number of benzene rings is 1. The summed E-state index contributed by atoms with van der Waals surface area (Å²) in [4.78, 5) is 8.34. The van der Waals surface area contributed by atoms with Crippen LogP contribution in [0, 0.1) is 5.82 Å². The minimum atomic E-state index is -0.327. The summed E-state index contributed by atoms with van der Waals surface area (Å²) in [5, 5.41) is 3.07. The molecule has 0 atom stereocenters. The molecule has 2 aromatic rings. The number of anilines is 1. The van der Waals surface area contributed by atoms with Crippen LogP contribution in [0.1, 0.15) is 6.92 Å². The highest BCUT2D eigenvalue weighted by Gasteiger charge is 2.13. The molecule has 1 aromatic heterocycles. The van der Waals surface area contributed by atoms with E-state index in [0.717, 1.165) is 0 Å². The molecule has 17 heavy (non-hydrogen) atoms. The lowest BCUT2D eigenvalue weighted by atomic mass is 10.1. The molecule has 5 heteroatoms. The molecule has 2 rings (SSSR count). The summed E-state index contributed by atoms with van der Waals surface area (Å²) in [6.45, 7) is 2.66. The van der Waals surface area contributed by atoms with Gasteiger partial charge in [-0.05, 0) is 35.0 Å². The Morgan fingerprint density at radius 1 is 1.29 bits per heavy atom. The first kappa shape index (κ1) is 12.0. The van der Waals surface area contributed by atoms with Gasteiger partial charge in [0.1, 0.15) is 11.5 Å². The maximum Gasteiger partial charge on any atom is 0.152 e. The molecule has 0 aliphatic heterocycles. The Balaban J connectivity index is 2.56. The van der Waals surface area contributed by atoms with E-state index < -0.39 is 0 Å². The van der Waals surface area contributed by atoms with Crippen LogP contribution in [0.25, 0.3) is 11.3 Å². The highest BCUT2D eigenvalue weighted by molar-refractivity contribution is 9.10. The van der Waals surface area contributed by atoms with Gasteiger partial charge in [-0.3, -0.25) is 4.98 Å². The van der Waals surface area contributed by atoms with Gasteiger partial charge in [-0.1, -0.05) is 6.07 Å². The van der Waals surface area contributed by atoms with Crippen molar-refractivity contribution in [3.8, 4) is 11.3 Å². The molecule has 0 radical (unpaired) electrons. The van der Waals surface area contributed by atoms with Gasteiger partial charge in [0.25, 0.3) is 0 Å². The number of nitrogens with zero attached hydrogens (tertiary/aromatic N) is 2. The fraction of sp³-hybridized carbons (Fsp3) is 0.167. The topological polar surface area (TPSA) is 37.8 Å². The van der Waals surface area contributed by atoms with Gasteiger partial charge in [0.05, 0.1) is 4.47 Å². The molecule has 0 aliphatic rings. The van der Waals surface area contributed by atoms with Gasteiger partial charge in [-0.2, -0.15) is 0 Å². The van der Waals surface area contributed by atoms with Crippen LogP contribution >= 0.6 is 15.9 Å². The van der Waals surface area contributed by atoms with E-state index >= 15 is 0 Å². The minimum Gasteiger partial charge on any atom is -0.369 e. The van der Waals surface area contributed by atoms with Gasteiger partial charge in [0, 0.05) is 24.5 Å². The summed E-state index contributed by atoms with van der Waals surface area (Å²) < 4.78 is 14.4. The predicted octanol–water partition coefficient (Wildman–Crippen LogP) is 3.48. The fourth-order valence-corrected chi connectivity index (χ4v) is 1.88. The zero-order valence-corrected chi connectivity index (χ0v) is 10.8. The average molecular weight is 296 g/mol. The van der Waals surface area contributed by atoms with Crippen LogP contribution in [0.5, 0.6) is 0 Å². The Kier molecular flexibility index (Phi) is 3.68. The second-order valence-corrected chi connectivity index (χ2v) is 4.24. The van der Waals surface area contributed by atoms with E-state index in [0.29, 0.717) is 28.1 Å². The molecule has 0 spiro atoms. The first-order valence-electron chi connectivity index (χ1n) is 5.23. The number of hydrogen-bond acceptors (Lipinski definition) is 3. The first-order chi connectivity index (χ1) is 8.24. The van der Waals surface area contributed by atoms with Crippen LogP contribution in [0.15, 0.2) is 35.1 Å². The highest BCUT2D eigenvalue weighted by Crippen LogP contribution is 2.29. The van der Waals surface area contributed by atoms with Crippen molar-refractivity contribution in [3.05, 3.63) is 40.9 Å². The maximum absolute atomic E-state index is 14.0. The lowest BCUT2D eigenvalue weighted by molar-refractivity contribution is 0.624. The van der Waals surface area contributed by atoms with Crippen molar-refractivity contribution < 1.29 is 4.39 Å². The van der Waals surface area contributed by atoms with Gasteiger partial charge >= 0.3 is 0 Å². The van der Waals surface area contributed by atoms with E-state index in [-0.39, 0.29) is 5.82 Å². The zero-order valence-electron chi connectivity index (χ0n) is 9.24. The van der Waals surface area contributed by atoms with Crippen molar-refractivity contribution in [1.82, 2.24) is 9.97 Å². The molecule has 0 aliphatic carbocycles. The van der Waals surface area contributed by atoms with Crippen molar-refractivity contribution in [3.63, 3.8) is 0 Å². The predicted molar refractivity (Wildman–Crippen MR) is 69.3 cm³/mol. The van der Waals surface area contributed by atoms with Crippen molar-refractivity contribution in [1.29, 1.82) is 0 Å². The second-order valence-electron chi connectivity index (χ2n) is 3.39. The van der Waals surface area contributed by atoms with Crippen LogP contribution in [0.4, 0.5) is 10.2 Å². The monoisotopic (exact) mass is 295 g/mol. The van der Waals surface area contributed by atoms with E-state index in [9.17, 15) is 4.39 Å². The molecule has 1 N–H and O–H groups in total. The highest BCUT2D eigenvalue weighted by atomic mass is 79.9. The van der Waals surface area contributed by atoms with E-state index in [1.165, 1.54) is 0 Å². The first-order valence-corrected chi connectivity index (χ1v) is 6.02. The lowest BCUT2D eigenvalue weighted by Gasteiger charge is -2.09. The number of hydrogen-bond donors (Lipinski definition) is 1. The van der Waals surface area contributed by atoms with Crippen molar-refractivity contribution in [2.75, 3.05) is 11.9 Å². The van der Waals surface area contributed by atoms with Crippen LogP contribution < -0.4 is 5.32 Å². The molecule has 0 amide bonds. The second kappa shape index (κ2) is 5.23. The summed E-state index contributed by atoms with van der Waals surface area (Å²) in [5.74, 6) is 0.263. The van der Waals surface area contributed by atoms with Crippen molar-refractivity contribution >= 4 is 21.7 Å². The third-order valence-corrected chi connectivity index (χ3v) is 2.86. The van der Waals surface area contributed by atoms with Gasteiger partial charge < -0.3 is 5.32 Å². The van der Waals surface area contributed by atoms with Gasteiger partial charge in [0.2, 0.25) is 0 Å². The molecule has 1 aromatic carbocycles. The molecule has 1 heterocycles. The van der Waals surface area contributed by atoms with Gasteiger partial charge in [-0.25, -0.2) is 9.37 Å². The number of nitrogens with one attached hydrogen (secondary N) is 1. The normalized spacial score (nSPS) is 10.3. The molecule has 0 bridgehead atoms. The lowest BCUT2D eigenvalue weighted by Crippen LogP contribution is -2.03. The van der Waals surface area contributed by atoms with Crippen LogP contribution in [-0.4, -0.2) is 16.5 Å². The molecule has 0 saturated heterocycles. The number of aromatic nitrogens is 2. The Bertz CT molecular complexity index is 531. The van der Waals surface area contributed by atoms with E-state index in [4.69, 9.17) is 0 Å². The van der Waals surface area contributed by atoms with E-state index in [2.05, 4.69) is 31.2 Å². The SMILES string of the molecule is CCNc1nccnc1-c1cccc(Br)c1F. The average Bonchev–Trinajstić information content (AvgIpc) is 2.34. The molecule has 88 valence electrons. The van der Waals surface area contributed by atoms with Crippen LogP contribution in [0.3, 0.4) is 0 Å². The van der Waals surface area contributed by atoms with Crippen LogP contribution in [-0.2, 0) is 0 Å². The molecule has 0 fully saturated rings. The maximum atomic E-state index is 14.0. The quantitative estimate of drug-likeness (QED) is 0.942. The molecule has 3 nitrogen and oxygen atoms in total. The number of rotatable bonds is 3. The van der Waals surface area contributed by atoms with Gasteiger partial charge in [-0.15, -0.1) is 0 Å². The summed E-state index contributed by atoms with van der Waals surface area (Å²) >= 11 is 3.16. The van der Waals surface area contributed by atoms with Crippen molar-refractivity contribution in [2.24, 2.45) is 0 Å². The Morgan fingerprint density at radius 2 is 2.06 bits per heavy atom. The Hall–Kier alpha value is -1.49. The van der Waals surface area contributed by atoms with Crippen LogP contribution in [0.2, 0.25) is 0 Å². The third kappa shape index (κ3) is 2.44. The third-order valence-electron chi connectivity index (χ3n) is 2.25. The van der Waals surface area contributed by atoms with E-state index in [1.54, 1.807) is 30.6 Å². The largest absolute Gasteiger partial charge is 0.369 e. The minimum absolute atomic E-state index is 0.327. The Labute approximate surface area is 107 Å². The van der Waals surface area contributed by atoms with E-state index in [1.807, 2.05) is 6.92 Å². The summed E-state index contributed by atoms with van der Waals surface area (Å²) in [5.41, 5.74) is 0.955. The Morgan fingerprint density at radius 3 is 2.82 bits per heavy atom. The standard InChI is InChI=1S/C12H11BrFN3/c1-2-15-12-11(16-6-7-17-12)8-4-3-5-9(13)10(8)14/h3-7H,2H2,1H3,(H,15,17). The smallest absolute Gasteiger partial charge is 0.152 e. The molecule has 0 unspecified atom stereocenters. The fourth-order valence-electron chi connectivity index (χ4n) is 1.52. The number of halogens is 2. The summed E-state index contributed by atoms with van der Waals surface area (Å²) in [7, 11) is 0. The van der Waals surface area contributed by atoms with Crippen molar-refractivity contribution in [2.45, 2.75) is 6.92 Å². The summed E-state index contributed by atoms with van der Waals surface area (Å²) in [6.07, 6.45) is 3.13. The van der Waals surface area contributed by atoms with Gasteiger partial charge in [0.15, 0.2) is 5.82 Å². The molecular formula is C12H11BrFN3. The molecule has 0 saturated carbocycles.